The Morgan fingerprint density at radius 2 is 2.03 bits per heavy atom. The molecule has 1 aliphatic heterocycles. The van der Waals surface area contributed by atoms with Gasteiger partial charge < -0.3 is 20.1 Å². The SMILES string of the molecule is CC(=C[C@H]1C[C@H](C)[C@]2(CC[C@]3(C)C[C@@H]4C(C)=CC(=O)C4=C(CO)[C@@H](O)C[C@H]32)O1)CO. The Labute approximate surface area is 179 Å². The van der Waals surface area contributed by atoms with Gasteiger partial charge in [0.25, 0.3) is 0 Å². The van der Waals surface area contributed by atoms with Crippen LogP contribution in [0.15, 0.2) is 34.4 Å². The standard InChI is InChI=1S/C25H36O5/c1-14(12-26)7-17-9-16(3)25(30-17)6-5-24(4)11-18-15(2)8-21(29)23(18)19(13-27)20(28)10-22(24)25/h7-8,16-18,20,22,26-28H,5-6,9-13H2,1-4H3/t16-,17-,18+,20-,22+,24+,25-/m0/s1. The summed E-state index contributed by atoms with van der Waals surface area (Å²) in [5.41, 5.74) is 2.73. The third-order valence-corrected chi connectivity index (χ3v) is 8.60. The minimum atomic E-state index is -0.833. The van der Waals surface area contributed by atoms with Crippen LogP contribution in [0.1, 0.15) is 59.8 Å². The number of rotatable bonds is 3. The maximum Gasteiger partial charge on any atom is 0.182 e. The lowest BCUT2D eigenvalue weighted by molar-refractivity contribution is -0.112. The van der Waals surface area contributed by atoms with Gasteiger partial charge in [-0.15, -0.1) is 0 Å². The van der Waals surface area contributed by atoms with Crippen LogP contribution < -0.4 is 0 Å². The molecule has 0 aromatic heterocycles. The minimum Gasteiger partial charge on any atom is -0.392 e. The van der Waals surface area contributed by atoms with E-state index in [9.17, 15) is 20.1 Å². The Bertz CT molecular complexity index is 823. The number of carbonyl (C=O) groups excluding carboxylic acids is 1. The molecule has 0 radical (unpaired) electrons. The number of fused-ring (bicyclic) bond motifs is 3. The number of allylic oxidation sites excluding steroid dienone is 3. The molecule has 30 heavy (non-hydrogen) atoms. The van der Waals surface area contributed by atoms with Gasteiger partial charge in [-0.1, -0.05) is 25.5 Å². The van der Waals surface area contributed by atoms with Gasteiger partial charge >= 0.3 is 0 Å². The molecule has 0 unspecified atom stereocenters. The van der Waals surface area contributed by atoms with Crippen LogP contribution in [0.4, 0.5) is 0 Å². The summed E-state index contributed by atoms with van der Waals surface area (Å²) in [6, 6.07) is 0. The van der Waals surface area contributed by atoms with Crippen molar-refractivity contribution in [2.45, 2.75) is 77.6 Å². The van der Waals surface area contributed by atoms with Gasteiger partial charge in [-0.2, -0.15) is 0 Å². The number of carbonyl (C=O) groups is 1. The molecule has 1 saturated heterocycles. The fraction of sp³-hybridized carbons (Fsp3) is 0.720. The van der Waals surface area contributed by atoms with Crippen molar-refractivity contribution in [3.8, 4) is 0 Å². The van der Waals surface area contributed by atoms with E-state index >= 15 is 0 Å². The first-order valence-electron chi connectivity index (χ1n) is 11.4. The largest absolute Gasteiger partial charge is 0.392 e. The molecule has 0 aromatic rings. The zero-order valence-corrected chi connectivity index (χ0v) is 18.6. The first-order valence-corrected chi connectivity index (χ1v) is 11.4. The van der Waals surface area contributed by atoms with E-state index in [1.165, 1.54) is 0 Å². The molecule has 4 rings (SSSR count). The molecule has 0 amide bonds. The predicted octanol–water partition coefficient (Wildman–Crippen LogP) is 3.09. The molecular formula is C25H36O5. The van der Waals surface area contributed by atoms with Crippen LogP contribution in [0.25, 0.3) is 0 Å². The van der Waals surface area contributed by atoms with Crippen molar-refractivity contribution in [2.75, 3.05) is 13.2 Å². The van der Waals surface area contributed by atoms with Crippen molar-refractivity contribution in [3.05, 3.63) is 34.4 Å². The monoisotopic (exact) mass is 416 g/mol. The average molecular weight is 417 g/mol. The smallest absolute Gasteiger partial charge is 0.182 e. The minimum absolute atomic E-state index is 0.0183. The van der Waals surface area contributed by atoms with Gasteiger partial charge in [-0.3, -0.25) is 4.79 Å². The number of hydrogen-bond acceptors (Lipinski definition) is 5. The maximum atomic E-state index is 12.7. The van der Waals surface area contributed by atoms with E-state index in [0.717, 1.165) is 36.8 Å². The van der Waals surface area contributed by atoms with Crippen LogP contribution in [0.5, 0.6) is 0 Å². The van der Waals surface area contributed by atoms with Gasteiger partial charge in [0.05, 0.1) is 31.0 Å². The second kappa shape index (κ2) is 7.70. The molecule has 7 atom stereocenters. The fourth-order valence-electron chi connectivity index (χ4n) is 6.98. The second-order valence-electron chi connectivity index (χ2n) is 10.5. The lowest BCUT2D eigenvalue weighted by Crippen LogP contribution is -2.46. The number of ether oxygens (including phenoxy) is 1. The summed E-state index contributed by atoms with van der Waals surface area (Å²) in [6.45, 7) is 8.22. The zero-order valence-electron chi connectivity index (χ0n) is 18.6. The Hall–Kier alpha value is -1.27. The normalized spacial score (nSPS) is 44.2. The number of ketones is 1. The van der Waals surface area contributed by atoms with Crippen molar-refractivity contribution >= 4 is 5.78 Å². The van der Waals surface area contributed by atoms with Crippen molar-refractivity contribution < 1.29 is 24.9 Å². The summed E-state index contributed by atoms with van der Waals surface area (Å²) in [7, 11) is 0. The first kappa shape index (κ1) is 21.9. The molecule has 1 heterocycles. The summed E-state index contributed by atoms with van der Waals surface area (Å²) in [5, 5.41) is 30.6. The molecule has 1 spiro atoms. The van der Waals surface area contributed by atoms with E-state index in [1.54, 1.807) is 6.08 Å². The van der Waals surface area contributed by atoms with Crippen LogP contribution >= 0.6 is 0 Å². The number of hydrogen-bond donors (Lipinski definition) is 3. The number of aliphatic hydroxyl groups excluding tert-OH is 3. The zero-order chi connectivity index (χ0) is 21.8. The fourth-order valence-corrected chi connectivity index (χ4v) is 6.98. The summed E-state index contributed by atoms with van der Waals surface area (Å²) in [6.07, 6.45) is 7.09. The van der Waals surface area contributed by atoms with Crippen LogP contribution in [0.3, 0.4) is 0 Å². The van der Waals surface area contributed by atoms with Crippen molar-refractivity contribution in [1.82, 2.24) is 0 Å². The van der Waals surface area contributed by atoms with Crippen molar-refractivity contribution in [1.29, 1.82) is 0 Å². The van der Waals surface area contributed by atoms with Gasteiger partial charge in [0.1, 0.15) is 0 Å². The Morgan fingerprint density at radius 3 is 2.70 bits per heavy atom. The van der Waals surface area contributed by atoms with Gasteiger partial charge in [-0.05, 0) is 80.4 Å². The molecule has 0 bridgehead atoms. The van der Waals surface area contributed by atoms with E-state index in [2.05, 4.69) is 13.8 Å². The van der Waals surface area contributed by atoms with Gasteiger partial charge in [0.15, 0.2) is 5.78 Å². The van der Waals surface area contributed by atoms with Crippen LogP contribution in [-0.4, -0.2) is 52.1 Å². The van der Waals surface area contributed by atoms with Crippen molar-refractivity contribution in [2.24, 2.45) is 23.2 Å². The summed E-state index contributed by atoms with van der Waals surface area (Å²) >= 11 is 0. The van der Waals surface area contributed by atoms with Crippen LogP contribution in [-0.2, 0) is 9.53 Å². The molecule has 3 N–H and O–H groups in total. The highest BCUT2D eigenvalue weighted by atomic mass is 16.5. The van der Waals surface area contributed by atoms with Gasteiger partial charge in [-0.25, -0.2) is 0 Å². The lowest BCUT2D eigenvalue weighted by atomic mass is 9.62. The summed E-state index contributed by atoms with van der Waals surface area (Å²) in [4.78, 5) is 12.7. The van der Waals surface area contributed by atoms with Crippen LogP contribution in [0.2, 0.25) is 0 Å². The molecule has 0 aromatic carbocycles. The third-order valence-electron chi connectivity index (χ3n) is 8.60. The Kier molecular flexibility index (Phi) is 5.63. The third kappa shape index (κ3) is 3.26. The quantitative estimate of drug-likeness (QED) is 0.616. The van der Waals surface area contributed by atoms with Gasteiger partial charge in [0, 0.05) is 11.5 Å². The molecule has 5 heteroatoms. The highest BCUT2D eigenvalue weighted by Crippen LogP contribution is 2.63. The predicted molar refractivity (Wildman–Crippen MR) is 115 cm³/mol. The van der Waals surface area contributed by atoms with E-state index in [-0.39, 0.29) is 48.0 Å². The lowest BCUT2D eigenvalue weighted by Gasteiger charge is -2.45. The molecule has 4 aliphatic rings. The van der Waals surface area contributed by atoms with E-state index in [4.69, 9.17) is 4.74 Å². The second-order valence-corrected chi connectivity index (χ2v) is 10.5. The Balaban J connectivity index is 1.73. The first-order chi connectivity index (χ1) is 14.1. The molecule has 1 saturated carbocycles. The van der Waals surface area contributed by atoms with Gasteiger partial charge in [0.2, 0.25) is 0 Å². The summed E-state index contributed by atoms with van der Waals surface area (Å²) < 4.78 is 6.74. The average Bonchev–Trinajstić information content (AvgIpc) is 3.24. The molecule has 2 fully saturated rings. The maximum absolute atomic E-state index is 12.7. The molecule has 5 nitrogen and oxygen atoms in total. The van der Waals surface area contributed by atoms with E-state index in [1.807, 2.05) is 19.9 Å². The highest BCUT2D eigenvalue weighted by molar-refractivity contribution is 6.08. The molecule has 3 aliphatic carbocycles. The molecule has 166 valence electrons. The van der Waals surface area contributed by atoms with E-state index in [0.29, 0.717) is 23.5 Å². The summed E-state index contributed by atoms with van der Waals surface area (Å²) in [5.74, 6) is 0.410. The molecular weight excluding hydrogens is 380 g/mol. The Morgan fingerprint density at radius 1 is 1.30 bits per heavy atom. The van der Waals surface area contributed by atoms with Crippen LogP contribution in [0, 0.1) is 23.2 Å². The highest BCUT2D eigenvalue weighted by Gasteiger charge is 2.62. The van der Waals surface area contributed by atoms with Crippen molar-refractivity contribution in [3.63, 3.8) is 0 Å². The topological polar surface area (TPSA) is 87.0 Å². The number of aliphatic hydroxyl groups is 3. The van der Waals surface area contributed by atoms with E-state index < -0.39 is 6.10 Å².